The van der Waals surface area contributed by atoms with Crippen LogP contribution in [0, 0.1) is 5.92 Å². The molecule has 0 aromatic rings. The highest BCUT2D eigenvalue weighted by Gasteiger charge is 2.41. The number of hydrogen-bond donors (Lipinski definition) is 0. The van der Waals surface area contributed by atoms with Crippen molar-refractivity contribution in [1.82, 2.24) is 4.90 Å². The predicted octanol–water partition coefficient (Wildman–Crippen LogP) is 2.37. The van der Waals surface area contributed by atoms with Gasteiger partial charge in [-0.05, 0) is 44.6 Å². The summed E-state index contributed by atoms with van der Waals surface area (Å²) < 4.78 is 0. The summed E-state index contributed by atoms with van der Waals surface area (Å²) in [7, 11) is 0. The number of carbonyl (C=O) groups excluding carboxylic acids is 1. The van der Waals surface area contributed by atoms with Gasteiger partial charge >= 0.3 is 0 Å². The molecular weight excluding hydrogens is 186 g/mol. The van der Waals surface area contributed by atoms with Crippen molar-refractivity contribution < 1.29 is 4.79 Å². The molecule has 0 radical (unpaired) electrons. The second-order valence-corrected chi connectivity index (χ2v) is 5.57. The van der Waals surface area contributed by atoms with Gasteiger partial charge in [0.25, 0.3) is 0 Å². The van der Waals surface area contributed by atoms with E-state index in [1.165, 1.54) is 38.6 Å². The topological polar surface area (TPSA) is 20.3 Å². The van der Waals surface area contributed by atoms with Gasteiger partial charge in [-0.25, -0.2) is 0 Å². The third-order valence-electron chi connectivity index (χ3n) is 4.73. The molecule has 3 atom stereocenters. The summed E-state index contributed by atoms with van der Waals surface area (Å²) in [6, 6.07) is 1.46. The van der Waals surface area contributed by atoms with E-state index < -0.39 is 0 Å². The molecule has 0 amide bonds. The smallest absolute Gasteiger partial charge is 0.134 e. The first kappa shape index (κ1) is 9.83. The van der Waals surface area contributed by atoms with E-state index in [1.807, 2.05) is 0 Å². The molecule has 3 unspecified atom stereocenters. The van der Waals surface area contributed by atoms with Gasteiger partial charge in [0.15, 0.2) is 0 Å². The number of ketones is 1. The zero-order valence-corrected chi connectivity index (χ0v) is 9.45. The molecular formula is C13H21NO. The van der Waals surface area contributed by atoms with Gasteiger partial charge in [-0.15, -0.1) is 0 Å². The van der Waals surface area contributed by atoms with Crippen LogP contribution in [0.25, 0.3) is 0 Å². The zero-order valence-electron chi connectivity index (χ0n) is 9.45. The number of carbonyl (C=O) groups is 1. The van der Waals surface area contributed by atoms with E-state index in [2.05, 4.69) is 4.90 Å². The minimum Gasteiger partial charge on any atom is -0.300 e. The Balaban J connectivity index is 1.68. The Morgan fingerprint density at radius 3 is 2.87 bits per heavy atom. The fourth-order valence-electron chi connectivity index (χ4n) is 4.01. The summed E-state index contributed by atoms with van der Waals surface area (Å²) in [4.78, 5) is 14.2. The summed E-state index contributed by atoms with van der Waals surface area (Å²) in [6.45, 7) is 1.27. The van der Waals surface area contributed by atoms with Crippen LogP contribution in [0.2, 0.25) is 0 Å². The van der Waals surface area contributed by atoms with E-state index in [0.717, 1.165) is 31.2 Å². The summed E-state index contributed by atoms with van der Waals surface area (Å²) in [5.41, 5.74) is 0. The summed E-state index contributed by atoms with van der Waals surface area (Å²) in [6.07, 6.45) is 9.77. The van der Waals surface area contributed by atoms with E-state index in [1.54, 1.807) is 0 Å². The molecule has 0 N–H and O–H groups in total. The average Bonchev–Trinajstić information content (AvgIpc) is 2.77. The summed E-state index contributed by atoms with van der Waals surface area (Å²) >= 11 is 0. The van der Waals surface area contributed by atoms with Crippen molar-refractivity contribution >= 4 is 5.78 Å². The molecule has 15 heavy (non-hydrogen) atoms. The molecule has 0 bridgehead atoms. The predicted molar refractivity (Wildman–Crippen MR) is 59.7 cm³/mol. The lowest BCUT2D eigenvalue weighted by Gasteiger charge is -2.34. The molecule has 0 spiro atoms. The molecule has 2 aliphatic carbocycles. The minimum absolute atomic E-state index is 0.507. The van der Waals surface area contributed by atoms with E-state index in [0.29, 0.717) is 11.8 Å². The molecule has 84 valence electrons. The number of rotatable bonds is 1. The first-order valence-corrected chi connectivity index (χ1v) is 6.62. The molecule has 2 nitrogen and oxygen atoms in total. The van der Waals surface area contributed by atoms with Gasteiger partial charge in [0, 0.05) is 24.9 Å². The standard InChI is InChI=1S/C13H21NO/c15-12-5-2-4-11(9-12)14-8-7-10-3-1-6-13(10)14/h10-11,13H,1-9H2. The van der Waals surface area contributed by atoms with Crippen LogP contribution in [0.4, 0.5) is 0 Å². The van der Waals surface area contributed by atoms with Gasteiger partial charge in [-0.2, -0.15) is 0 Å². The molecule has 3 fully saturated rings. The Morgan fingerprint density at radius 1 is 1.07 bits per heavy atom. The normalized spacial score (nSPS) is 42.1. The van der Waals surface area contributed by atoms with Crippen molar-refractivity contribution in [2.75, 3.05) is 6.54 Å². The maximum Gasteiger partial charge on any atom is 0.134 e. The number of Topliss-reactive ketones (excluding diaryl/α,β-unsaturated/α-hetero) is 1. The van der Waals surface area contributed by atoms with Crippen LogP contribution in [0.5, 0.6) is 0 Å². The highest BCUT2D eigenvalue weighted by Crippen LogP contribution is 2.40. The van der Waals surface area contributed by atoms with Crippen LogP contribution >= 0.6 is 0 Å². The second-order valence-electron chi connectivity index (χ2n) is 5.57. The lowest BCUT2D eigenvalue weighted by Crippen LogP contribution is -2.42. The zero-order chi connectivity index (χ0) is 10.3. The molecule has 3 aliphatic rings. The average molecular weight is 207 g/mol. The van der Waals surface area contributed by atoms with Gasteiger partial charge < -0.3 is 0 Å². The van der Waals surface area contributed by atoms with Crippen LogP contribution < -0.4 is 0 Å². The van der Waals surface area contributed by atoms with Gasteiger partial charge in [0.2, 0.25) is 0 Å². The van der Waals surface area contributed by atoms with Gasteiger partial charge in [-0.3, -0.25) is 9.69 Å². The Hall–Kier alpha value is -0.370. The Bertz CT molecular complexity index is 263. The maximum absolute atomic E-state index is 11.5. The summed E-state index contributed by atoms with van der Waals surface area (Å²) in [5, 5.41) is 0. The number of likely N-dealkylation sites (tertiary alicyclic amines) is 1. The van der Waals surface area contributed by atoms with Crippen LogP contribution in [0.15, 0.2) is 0 Å². The lowest BCUT2D eigenvalue weighted by atomic mass is 9.92. The number of fused-ring (bicyclic) bond motifs is 1. The van der Waals surface area contributed by atoms with Crippen LogP contribution in [0.3, 0.4) is 0 Å². The van der Waals surface area contributed by atoms with E-state index in [-0.39, 0.29) is 0 Å². The van der Waals surface area contributed by atoms with E-state index in [9.17, 15) is 4.79 Å². The van der Waals surface area contributed by atoms with Crippen molar-refractivity contribution in [3.63, 3.8) is 0 Å². The van der Waals surface area contributed by atoms with Gasteiger partial charge in [0.1, 0.15) is 5.78 Å². The lowest BCUT2D eigenvalue weighted by molar-refractivity contribution is -0.122. The van der Waals surface area contributed by atoms with Crippen molar-refractivity contribution in [1.29, 1.82) is 0 Å². The first-order chi connectivity index (χ1) is 7.34. The van der Waals surface area contributed by atoms with Crippen molar-refractivity contribution in [3.05, 3.63) is 0 Å². The molecule has 0 aromatic carbocycles. The summed E-state index contributed by atoms with van der Waals surface area (Å²) in [5.74, 6) is 1.48. The molecule has 3 rings (SSSR count). The monoisotopic (exact) mass is 207 g/mol. The fraction of sp³-hybridized carbons (Fsp3) is 0.923. The minimum atomic E-state index is 0.507. The van der Waals surface area contributed by atoms with Gasteiger partial charge in [0.05, 0.1) is 0 Å². The number of hydrogen-bond acceptors (Lipinski definition) is 2. The molecule has 0 aromatic heterocycles. The van der Waals surface area contributed by atoms with Gasteiger partial charge in [-0.1, -0.05) is 6.42 Å². The first-order valence-electron chi connectivity index (χ1n) is 6.62. The molecule has 2 heteroatoms. The quantitative estimate of drug-likeness (QED) is 0.658. The van der Waals surface area contributed by atoms with Crippen LogP contribution in [-0.4, -0.2) is 29.3 Å². The van der Waals surface area contributed by atoms with E-state index >= 15 is 0 Å². The molecule has 2 saturated carbocycles. The van der Waals surface area contributed by atoms with Crippen molar-refractivity contribution in [2.24, 2.45) is 5.92 Å². The fourth-order valence-corrected chi connectivity index (χ4v) is 4.01. The van der Waals surface area contributed by atoms with Crippen LogP contribution in [-0.2, 0) is 4.79 Å². The number of nitrogens with zero attached hydrogens (tertiary/aromatic N) is 1. The molecule has 1 aliphatic heterocycles. The maximum atomic E-state index is 11.5. The highest BCUT2D eigenvalue weighted by atomic mass is 16.1. The highest BCUT2D eigenvalue weighted by molar-refractivity contribution is 5.79. The van der Waals surface area contributed by atoms with Crippen molar-refractivity contribution in [3.8, 4) is 0 Å². The van der Waals surface area contributed by atoms with E-state index in [4.69, 9.17) is 0 Å². The second kappa shape index (κ2) is 3.89. The van der Waals surface area contributed by atoms with Crippen LogP contribution in [0.1, 0.15) is 51.4 Å². The Labute approximate surface area is 92.0 Å². The SMILES string of the molecule is O=C1CCCC(N2CCC3CCCC32)C1. The Kier molecular flexibility index (Phi) is 2.55. The largest absolute Gasteiger partial charge is 0.300 e. The third kappa shape index (κ3) is 1.73. The molecule has 1 heterocycles. The Morgan fingerprint density at radius 2 is 2.00 bits per heavy atom. The third-order valence-corrected chi connectivity index (χ3v) is 4.73. The molecule has 1 saturated heterocycles. The van der Waals surface area contributed by atoms with Crippen molar-refractivity contribution in [2.45, 2.75) is 63.5 Å².